The Morgan fingerprint density at radius 2 is 2.10 bits per heavy atom. The molecule has 1 saturated heterocycles. The molecule has 1 aliphatic rings. The monoisotopic (exact) mass is 425 g/mol. The number of alkyl halides is 2. The highest BCUT2D eigenvalue weighted by Gasteiger charge is 2.27. The SMILES string of the molecule is CNc1nc(N(c2ccc(C(=O)CN3CCOCC3)cc2OC)C(F)F)ncc1F. The summed E-state index contributed by atoms with van der Waals surface area (Å²) in [4.78, 5) is 22.6. The zero-order valence-electron chi connectivity index (χ0n) is 16.6. The number of Topliss-reactive ketones (excluding diaryl/α,β-unsaturated/α-hetero) is 1. The van der Waals surface area contributed by atoms with Crippen LogP contribution in [0.3, 0.4) is 0 Å². The number of aromatic nitrogens is 2. The van der Waals surface area contributed by atoms with Crippen molar-refractivity contribution in [3.8, 4) is 5.75 Å². The van der Waals surface area contributed by atoms with E-state index in [1.54, 1.807) is 0 Å². The first-order valence-electron chi connectivity index (χ1n) is 9.23. The van der Waals surface area contributed by atoms with Gasteiger partial charge in [0, 0.05) is 25.7 Å². The molecule has 0 atom stereocenters. The number of methoxy groups -OCH3 is 1. The summed E-state index contributed by atoms with van der Waals surface area (Å²) < 4.78 is 51.9. The molecule has 0 bridgehead atoms. The zero-order chi connectivity index (χ0) is 21.7. The Bertz CT molecular complexity index is 894. The van der Waals surface area contributed by atoms with Gasteiger partial charge in [0.2, 0.25) is 5.95 Å². The van der Waals surface area contributed by atoms with Crippen LogP contribution in [-0.2, 0) is 4.74 Å². The number of hydrogen-bond donors (Lipinski definition) is 1. The Hall–Kier alpha value is -2.92. The number of nitrogens with one attached hydrogen (secondary N) is 1. The molecule has 2 heterocycles. The van der Waals surface area contributed by atoms with Gasteiger partial charge in [0.25, 0.3) is 0 Å². The van der Waals surface area contributed by atoms with Gasteiger partial charge in [0.15, 0.2) is 17.4 Å². The van der Waals surface area contributed by atoms with E-state index < -0.39 is 18.3 Å². The van der Waals surface area contributed by atoms with E-state index in [4.69, 9.17) is 9.47 Å². The van der Waals surface area contributed by atoms with Gasteiger partial charge < -0.3 is 14.8 Å². The number of anilines is 3. The Labute approximate surface area is 171 Å². The van der Waals surface area contributed by atoms with Crippen molar-refractivity contribution < 1.29 is 27.4 Å². The Kier molecular flexibility index (Phi) is 7.06. The van der Waals surface area contributed by atoms with Crippen LogP contribution in [0.1, 0.15) is 10.4 Å². The lowest BCUT2D eigenvalue weighted by Gasteiger charge is -2.26. The van der Waals surface area contributed by atoms with Crippen LogP contribution in [0.4, 0.5) is 30.6 Å². The lowest BCUT2D eigenvalue weighted by molar-refractivity contribution is 0.0371. The fourth-order valence-corrected chi connectivity index (χ4v) is 3.05. The van der Waals surface area contributed by atoms with E-state index >= 15 is 0 Å². The number of carbonyl (C=O) groups is 1. The van der Waals surface area contributed by atoms with Crippen molar-refractivity contribution >= 4 is 23.2 Å². The average Bonchev–Trinajstić information content (AvgIpc) is 2.75. The van der Waals surface area contributed by atoms with E-state index in [0.29, 0.717) is 36.8 Å². The second kappa shape index (κ2) is 9.72. The quantitative estimate of drug-likeness (QED) is 0.511. The summed E-state index contributed by atoms with van der Waals surface area (Å²) in [5.41, 5.74) is 0.274. The fourth-order valence-electron chi connectivity index (χ4n) is 3.05. The summed E-state index contributed by atoms with van der Waals surface area (Å²) in [6.07, 6.45) is 0.802. The van der Waals surface area contributed by atoms with E-state index in [2.05, 4.69) is 15.3 Å². The summed E-state index contributed by atoms with van der Waals surface area (Å²) in [5.74, 6) is -1.53. The number of rotatable bonds is 8. The van der Waals surface area contributed by atoms with Gasteiger partial charge in [-0.05, 0) is 18.2 Å². The highest BCUT2D eigenvalue weighted by atomic mass is 19.3. The van der Waals surface area contributed by atoms with Gasteiger partial charge in [-0.3, -0.25) is 9.69 Å². The predicted molar refractivity (Wildman–Crippen MR) is 104 cm³/mol. The van der Waals surface area contributed by atoms with Crippen LogP contribution in [0.25, 0.3) is 0 Å². The van der Waals surface area contributed by atoms with E-state index in [-0.39, 0.29) is 29.6 Å². The van der Waals surface area contributed by atoms with Crippen molar-refractivity contribution in [2.75, 3.05) is 57.2 Å². The molecule has 1 fully saturated rings. The van der Waals surface area contributed by atoms with Crippen molar-refractivity contribution in [1.29, 1.82) is 0 Å². The summed E-state index contributed by atoms with van der Waals surface area (Å²) in [6, 6.07) is 4.18. The molecule has 2 aromatic rings. The smallest absolute Gasteiger partial charge is 0.321 e. The van der Waals surface area contributed by atoms with Crippen molar-refractivity contribution in [3.63, 3.8) is 0 Å². The molecule has 0 spiro atoms. The molecule has 1 N–H and O–H groups in total. The van der Waals surface area contributed by atoms with Crippen LogP contribution < -0.4 is 15.0 Å². The van der Waals surface area contributed by atoms with E-state index in [0.717, 1.165) is 6.20 Å². The highest BCUT2D eigenvalue weighted by Crippen LogP contribution is 2.36. The molecule has 8 nitrogen and oxygen atoms in total. The van der Waals surface area contributed by atoms with Crippen molar-refractivity contribution in [3.05, 3.63) is 35.8 Å². The molecule has 11 heteroatoms. The van der Waals surface area contributed by atoms with E-state index in [9.17, 15) is 18.0 Å². The standard InChI is InChI=1S/C19H22F3N5O3/c1-23-17-13(20)10-24-19(25-17)27(18(21)22)14-4-3-12(9-16(14)29-2)15(28)11-26-5-7-30-8-6-26/h3-4,9-10,18H,5-8,11H2,1-2H3,(H,23,24,25). The van der Waals surface area contributed by atoms with Crippen LogP contribution in [-0.4, -0.2) is 74.2 Å². The number of benzene rings is 1. The predicted octanol–water partition coefficient (Wildman–Crippen LogP) is 2.54. The second-order valence-corrected chi connectivity index (χ2v) is 6.46. The van der Waals surface area contributed by atoms with Gasteiger partial charge in [-0.2, -0.15) is 13.8 Å². The first kappa shape index (κ1) is 21.8. The molecule has 30 heavy (non-hydrogen) atoms. The molecule has 1 aromatic heterocycles. The van der Waals surface area contributed by atoms with Crippen LogP contribution in [0.15, 0.2) is 24.4 Å². The number of halogens is 3. The van der Waals surface area contributed by atoms with Crippen molar-refractivity contribution in [2.24, 2.45) is 0 Å². The van der Waals surface area contributed by atoms with Crippen LogP contribution in [0.2, 0.25) is 0 Å². The van der Waals surface area contributed by atoms with Gasteiger partial charge >= 0.3 is 6.55 Å². The largest absolute Gasteiger partial charge is 0.495 e. The summed E-state index contributed by atoms with van der Waals surface area (Å²) in [6.45, 7) is -0.428. The van der Waals surface area contributed by atoms with Crippen LogP contribution in [0.5, 0.6) is 5.75 Å². The highest BCUT2D eigenvalue weighted by molar-refractivity contribution is 5.98. The fraction of sp³-hybridized carbons (Fsp3) is 0.421. The Balaban J connectivity index is 1.90. The molecule has 3 rings (SSSR count). The molecule has 0 saturated carbocycles. The van der Waals surface area contributed by atoms with E-state index in [1.165, 1.54) is 32.4 Å². The van der Waals surface area contributed by atoms with Crippen molar-refractivity contribution in [1.82, 2.24) is 14.9 Å². The van der Waals surface area contributed by atoms with Crippen LogP contribution >= 0.6 is 0 Å². The number of ketones is 1. The van der Waals surface area contributed by atoms with Gasteiger partial charge in [0.1, 0.15) is 5.75 Å². The molecule has 0 unspecified atom stereocenters. The maximum atomic E-state index is 13.9. The molecule has 0 amide bonds. The van der Waals surface area contributed by atoms with Gasteiger partial charge in [-0.15, -0.1) is 0 Å². The summed E-state index contributed by atoms with van der Waals surface area (Å²) in [5, 5.41) is 2.49. The van der Waals surface area contributed by atoms with Gasteiger partial charge in [-0.25, -0.2) is 14.3 Å². The first-order chi connectivity index (χ1) is 14.4. The second-order valence-electron chi connectivity index (χ2n) is 6.46. The average molecular weight is 425 g/mol. The minimum atomic E-state index is -3.04. The van der Waals surface area contributed by atoms with Gasteiger partial charge in [-0.1, -0.05) is 0 Å². The normalized spacial score (nSPS) is 14.6. The van der Waals surface area contributed by atoms with E-state index in [1.807, 2.05) is 4.90 Å². The molecule has 0 aliphatic carbocycles. The first-order valence-corrected chi connectivity index (χ1v) is 9.23. The number of hydrogen-bond acceptors (Lipinski definition) is 8. The third-order valence-electron chi connectivity index (χ3n) is 4.61. The number of nitrogens with zero attached hydrogens (tertiary/aromatic N) is 4. The third kappa shape index (κ3) is 4.79. The lowest BCUT2D eigenvalue weighted by Crippen LogP contribution is -2.39. The Morgan fingerprint density at radius 1 is 1.37 bits per heavy atom. The molecular formula is C19H22F3N5O3. The number of carbonyl (C=O) groups excluding carboxylic acids is 1. The third-order valence-corrected chi connectivity index (χ3v) is 4.61. The number of morpholine rings is 1. The topological polar surface area (TPSA) is 79.8 Å². The Morgan fingerprint density at radius 3 is 2.73 bits per heavy atom. The minimum absolute atomic E-state index is 0.0436. The molecule has 162 valence electrons. The maximum Gasteiger partial charge on any atom is 0.321 e. The summed E-state index contributed by atoms with van der Waals surface area (Å²) >= 11 is 0. The maximum absolute atomic E-state index is 13.9. The molecule has 1 aliphatic heterocycles. The molecule has 1 aromatic carbocycles. The number of ether oxygens (including phenoxy) is 2. The van der Waals surface area contributed by atoms with Crippen molar-refractivity contribution in [2.45, 2.75) is 6.55 Å². The summed E-state index contributed by atoms with van der Waals surface area (Å²) in [7, 11) is 2.72. The molecular weight excluding hydrogens is 403 g/mol. The van der Waals surface area contributed by atoms with Crippen LogP contribution in [0, 0.1) is 5.82 Å². The molecule has 0 radical (unpaired) electrons. The van der Waals surface area contributed by atoms with Gasteiger partial charge in [0.05, 0.1) is 38.8 Å². The zero-order valence-corrected chi connectivity index (χ0v) is 16.6. The minimum Gasteiger partial charge on any atom is -0.495 e. The lowest BCUT2D eigenvalue weighted by atomic mass is 10.1.